The topological polar surface area (TPSA) is 95.0 Å². The zero-order chi connectivity index (χ0) is 13.7. The minimum atomic E-state index is -0.0518. The van der Waals surface area contributed by atoms with Crippen molar-refractivity contribution in [2.75, 3.05) is 32.7 Å². The summed E-state index contributed by atoms with van der Waals surface area (Å²) in [5.41, 5.74) is 5.92. The summed E-state index contributed by atoms with van der Waals surface area (Å²) < 4.78 is 0. The molecule has 102 valence electrons. The van der Waals surface area contributed by atoms with E-state index in [1.807, 2.05) is 4.90 Å². The van der Waals surface area contributed by atoms with Crippen LogP contribution in [0.4, 0.5) is 0 Å². The molecule has 7 nitrogen and oxygen atoms in total. The van der Waals surface area contributed by atoms with Crippen LogP contribution in [-0.4, -0.2) is 64.5 Å². The fourth-order valence-corrected chi connectivity index (χ4v) is 2.02. The molecule has 0 spiro atoms. The summed E-state index contributed by atoms with van der Waals surface area (Å²) in [6.07, 6.45) is 1.61. The van der Waals surface area contributed by atoms with E-state index in [-0.39, 0.29) is 11.7 Å². The molecule has 0 saturated carbocycles. The number of aromatic nitrogens is 1. The maximum atomic E-state index is 12.1. The molecule has 1 aromatic rings. The fraction of sp³-hybridized carbons (Fsp3) is 0.417. The fourth-order valence-electron chi connectivity index (χ4n) is 2.02. The predicted molar refractivity (Wildman–Crippen MR) is 70.0 cm³/mol. The van der Waals surface area contributed by atoms with Gasteiger partial charge in [-0.15, -0.1) is 0 Å². The normalized spacial score (nSPS) is 17.5. The Kier molecular flexibility index (Phi) is 4.30. The number of hydrogen-bond acceptors (Lipinski definition) is 5. The van der Waals surface area contributed by atoms with Crippen LogP contribution in [0.15, 0.2) is 29.6 Å². The van der Waals surface area contributed by atoms with Gasteiger partial charge in [-0.1, -0.05) is 11.2 Å². The molecule has 3 N–H and O–H groups in total. The molecular weight excluding hydrogens is 246 g/mol. The highest BCUT2D eigenvalue weighted by Crippen LogP contribution is 2.06. The number of nitrogens with zero attached hydrogens (tertiary/aromatic N) is 4. The minimum absolute atomic E-state index is 0.0518. The lowest BCUT2D eigenvalue weighted by molar-refractivity contribution is 0.0647. The van der Waals surface area contributed by atoms with Crippen molar-refractivity contribution >= 4 is 11.7 Å². The summed E-state index contributed by atoms with van der Waals surface area (Å²) in [7, 11) is 0. The van der Waals surface area contributed by atoms with Crippen molar-refractivity contribution in [3.05, 3.63) is 30.1 Å². The average molecular weight is 263 g/mol. The first-order valence-corrected chi connectivity index (χ1v) is 6.10. The lowest BCUT2D eigenvalue weighted by Gasteiger charge is -2.34. The van der Waals surface area contributed by atoms with Crippen LogP contribution in [0.25, 0.3) is 0 Å². The Hall–Kier alpha value is -2.15. The Morgan fingerprint density at radius 3 is 2.68 bits per heavy atom. The summed E-state index contributed by atoms with van der Waals surface area (Å²) in [6.45, 7) is 3.06. The first kappa shape index (κ1) is 13.3. The number of amidine groups is 1. The average Bonchev–Trinajstić information content (AvgIpc) is 2.48. The van der Waals surface area contributed by atoms with E-state index in [9.17, 15) is 4.79 Å². The molecule has 0 aromatic carbocycles. The van der Waals surface area contributed by atoms with Crippen LogP contribution in [-0.2, 0) is 0 Å². The summed E-state index contributed by atoms with van der Waals surface area (Å²) in [4.78, 5) is 20.0. The van der Waals surface area contributed by atoms with E-state index in [0.29, 0.717) is 38.4 Å². The lowest BCUT2D eigenvalue weighted by atomic mass is 10.2. The monoisotopic (exact) mass is 263 g/mol. The lowest BCUT2D eigenvalue weighted by Crippen LogP contribution is -2.50. The first-order valence-electron chi connectivity index (χ1n) is 6.10. The molecule has 1 fully saturated rings. The van der Waals surface area contributed by atoms with Crippen molar-refractivity contribution in [2.45, 2.75) is 0 Å². The third kappa shape index (κ3) is 3.41. The third-order valence-corrected chi connectivity index (χ3v) is 3.06. The van der Waals surface area contributed by atoms with E-state index in [1.54, 1.807) is 29.3 Å². The van der Waals surface area contributed by atoms with Gasteiger partial charge in [0.25, 0.3) is 5.91 Å². The largest absolute Gasteiger partial charge is 0.409 e. The van der Waals surface area contributed by atoms with Crippen molar-refractivity contribution in [3.63, 3.8) is 0 Å². The van der Waals surface area contributed by atoms with E-state index in [2.05, 4.69) is 10.1 Å². The van der Waals surface area contributed by atoms with E-state index in [1.165, 1.54) is 0 Å². The van der Waals surface area contributed by atoms with Gasteiger partial charge in [0.05, 0.1) is 6.54 Å². The molecule has 1 aliphatic rings. The highest BCUT2D eigenvalue weighted by Gasteiger charge is 2.22. The number of carbonyl (C=O) groups excluding carboxylic acids is 1. The third-order valence-electron chi connectivity index (χ3n) is 3.06. The van der Waals surface area contributed by atoms with Gasteiger partial charge in [-0.05, 0) is 12.1 Å². The van der Waals surface area contributed by atoms with Crippen LogP contribution in [0.5, 0.6) is 0 Å². The maximum absolute atomic E-state index is 12.1. The quantitative estimate of drug-likeness (QED) is 0.334. The molecule has 0 unspecified atom stereocenters. The van der Waals surface area contributed by atoms with Gasteiger partial charge in [0.1, 0.15) is 5.69 Å². The number of rotatable bonds is 3. The van der Waals surface area contributed by atoms with Crippen molar-refractivity contribution in [1.29, 1.82) is 0 Å². The first-order chi connectivity index (χ1) is 9.20. The van der Waals surface area contributed by atoms with Gasteiger partial charge in [-0.3, -0.25) is 14.7 Å². The number of carbonyl (C=O) groups is 1. The number of pyridine rings is 1. The van der Waals surface area contributed by atoms with E-state index in [0.717, 1.165) is 0 Å². The summed E-state index contributed by atoms with van der Waals surface area (Å²) in [5, 5.41) is 11.5. The Morgan fingerprint density at radius 2 is 2.11 bits per heavy atom. The number of amides is 1. The molecule has 7 heteroatoms. The van der Waals surface area contributed by atoms with Crippen molar-refractivity contribution < 1.29 is 10.0 Å². The van der Waals surface area contributed by atoms with Crippen molar-refractivity contribution in [3.8, 4) is 0 Å². The van der Waals surface area contributed by atoms with Crippen LogP contribution < -0.4 is 5.73 Å². The second-order valence-electron chi connectivity index (χ2n) is 4.37. The molecule has 1 aliphatic heterocycles. The highest BCUT2D eigenvalue weighted by atomic mass is 16.4. The van der Waals surface area contributed by atoms with Gasteiger partial charge in [0.2, 0.25) is 0 Å². The smallest absolute Gasteiger partial charge is 0.272 e. The number of piperazine rings is 1. The standard InChI is InChI=1S/C12H17N5O2/c13-11(15-19)9-16-5-7-17(8-6-16)12(18)10-3-1-2-4-14-10/h1-4,19H,5-9H2,(H2,13,15). The number of oxime groups is 1. The summed E-state index contributed by atoms with van der Waals surface area (Å²) in [5.74, 6) is 0.133. The van der Waals surface area contributed by atoms with Gasteiger partial charge in [0, 0.05) is 32.4 Å². The second kappa shape index (κ2) is 6.14. The Morgan fingerprint density at radius 1 is 1.37 bits per heavy atom. The van der Waals surface area contributed by atoms with E-state index >= 15 is 0 Å². The number of nitrogens with two attached hydrogens (primary N) is 1. The van der Waals surface area contributed by atoms with E-state index in [4.69, 9.17) is 10.9 Å². The SMILES string of the molecule is NC(CN1CCN(C(=O)c2ccccn2)CC1)=NO. The zero-order valence-corrected chi connectivity index (χ0v) is 10.6. The van der Waals surface area contributed by atoms with Gasteiger partial charge >= 0.3 is 0 Å². The molecule has 0 bridgehead atoms. The van der Waals surface area contributed by atoms with Gasteiger partial charge in [-0.25, -0.2) is 0 Å². The molecule has 0 radical (unpaired) electrons. The molecule has 19 heavy (non-hydrogen) atoms. The van der Waals surface area contributed by atoms with Crippen molar-refractivity contribution in [1.82, 2.24) is 14.8 Å². The summed E-state index contributed by atoms with van der Waals surface area (Å²) >= 11 is 0. The van der Waals surface area contributed by atoms with Crippen LogP contribution in [0.1, 0.15) is 10.5 Å². The highest BCUT2D eigenvalue weighted by molar-refractivity contribution is 5.92. The molecule has 2 rings (SSSR count). The molecule has 0 aliphatic carbocycles. The molecule has 1 aromatic heterocycles. The molecule has 0 atom stereocenters. The van der Waals surface area contributed by atoms with Gasteiger partial charge in [-0.2, -0.15) is 0 Å². The predicted octanol–water partition coefficient (Wildman–Crippen LogP) is -0.414. The molecular formula is C12H17N5O2. The Balaban J connectivity index is 1.88. The van der Waals surface area contributed by atoms with Crippen molar-refractivity contribution in [2.24, 2.45) is 10.9 Å². The Labute approximate surface area is 111 Å². The second-order valence-corrected chi connectivity index (χ2v) is 4.37. The van der Waals surface area contributed by atoms with Gasteiger partial charge < -0.3 is 15.8 Å². The molecule has 1 saturated heterocycles. The zero-order valence-electron chi connectivity index (χ0n) is 10.6. The van der Waals surface area contributed by atoms with Crippen LogP contribution >= 0.6 is 0 Å². The Bertz CT molecular complexity index is 454. The molecule has 2 heterocycles. The maximum Gasteiger partial charge on any atom is 0.272 e. The van der Waals surface area contributed by atoms with Gasteiger partial charge in [0.15, 0.2) is 5.84 Å². The van der Waals surface area contributed by atoms with Crippen LogP contribution in [0, 0.1) is 0 Å². The van der Waals surface area contributed by atoms with Crippen LogP contribution in [0.3, 0.4) is 0 Å². The minimum Gasteiger partial charge on any atom is -0.409 e. The van der Waals surface area contributed by atoms with E-state index < -0.39 is 0 Å². The summed E-state index contributed by atoms with van der Waals surface area (Å²) in [6, 6.07) is 5.30. The molecule has 1 amide bonds. The number of hydrogen-bond donors (Lipinski definition) is 2. The van der Waals surface area contributed by atoms with Crippen LogP contribution in [0.2, 0.25) is 0 Å².